The van der Waals surface area contributed by atoms with Crippen LogP contribution in [0.1, 0.15) is 26.2 Å². The SMILES string of the molecule is CN1C(=O)C2C3CCC(C3)C2(C)C1=O. The van der Waals surface area contributed by atoms with Gasteiger partial charge in [0.2, 0.25) is 11.8 Å². The number of rotatable bonds is 0. The van der Waals surface area contributed by atoms with Crippen LogP contribution < -0.4 is 0 Å². The normalized spacial score (nSPS) is 50.4. The average Bonchev–Trinajstić information content (AvgIpc) is 2.77. The first-order chi connectivity index (χ1) is 6.56. The van der Waals surface area contributed by atoms with E-state index in [1.54, 1.807) is 7.05 Å². The molecule has 1 aliphatic heterocycles. The second kappa shape index (κ2) is 2.20. The highest BCUT2D eigenvalue weighted by Crippen LogP contribution is 2.63. The zero-order chi connectivity index (χ0) is 10.1. The highest BCUT2D eigenvalue weighted by atomic mass is 16.2. The average molecular weight is 193 g/mol. The smallest absolute Gasteiger partial charge is 0.235 e. The highest BCUT2D eigenvalue weighted by Gasteiger charge is 2.67. The van der Waals surface area contributed by atoms with Crippen LogP contribution in [0.4, 0.5) is 0 Å². The number of carbonyl (C=O) groups excluding carboxylic acids is 2. The molecule has 4 unspecified atom stereocenters. The Morgan fingerprint density at radius 1 is 1.36 bits per heavy atom. The van der Waals surface area contributed by atoms with Crippen LogP contribution in [0.2, 0.25) is 0 Å². The molecule has 3 fully saturated rings. The summed E-state index contributed by atoms with van der Waals surface area (Å²) in [6.07, 6.45) is 3.40. The van der Waals surface area contributed by atoms with Crippen molar-refractivity contribution in [1.29, 1.82) is 0 Å². The van der Waals surface area contributed by atoms with Crippen LogP contribution in [0, 0.1) is 23.2 Å². The van der Waals surface area contributed by atoms with E-state index in [0.717, 1.165) is 19.3 Å². The molecule has 2 amide bonds. The summed E-state index contributed by atoms with van der Waals surface area (Å²) in [6, 6.07) is 0. The Morgan fingerprint density at radius 2 is 2.07 bits per heavy atom. The lowest BCUT2D eigenvalue weighted by molar-refractivity contribution is -0.140. The van der Waals surface area contributed by atoms with E-state index in [1.807, 2.05) is 6.92 Å². The largest absolute Gasteiger partial charge is 0.285 e. The third-order valence-electron chi connectivity index (χ3n) is 4.80. The lowest BCUT2D eigenvalue weighted by Crippen LogP contribution is -2.37. The van der Waals surface area contributed by atoms with Crippen molar-refractivity contribution in [2.45, 2.75) is 26.2 Å². The maximum absolute atomic E-state index is 12.0. The fourth-order valence-electron chi connectivity index (χ4n) is 4.04. The minimum Gasteiger partial charge on any atom is -0.285 e. The summed E-state index contributed by atoms with van der Waals surface area (Å²) in [7, 11) is 1.63. The molecule has 0 N–H and O–H groups in total. The lowest BCUT2D eigenvalue weighted by Gasteiger charge is -2.31. The van der Waals surface area contributed by atoms with Gasteiger partial charge < -0.3 is 0 Å². The number of amides is 2. The molecule has 1 saturated heterocycles. The van der Waals surface area contributed by atoms with Crippen LogP contribution in [0.25, 0.3) is 0 Å². The molecule has 1 heterocycles. The van der Waals surface area contributed by atoms with Gasteiger partial charge in [0.1, 0.15) is 0 Å². The fourth-order valence-corrected chi connectivity index (χ4v) is 4.04. The number of fused-ring (bicyclic) bond motifs is 5. The molecule has 3 nitrogen and oxygen atoms in total. The van der Waals surface area contributed by atoms with Gasteiger partial charge in [0.15, 0.2) is 0 Å². The minimum atomic E-state index is -0.339. The van der Waals surface area contributed by atoms with Gasteiger partial charge >= 0.3 is 0 Å². The van der Waals surface area contributed by atoms with Crippen molar-refractivity contribution in [3.8, 4) is 0 Å². The van der Waals surface area contributed by atoms with Crippen molar-refractivity contribution < 1.29 is 9.59 Å². The molecule has 2 saturated carbocycles. The van der Waals surface area contributed by atoms with Gasteiger partial charge in [-0.2, -0.15) is 0 Å². The first-order valence-corrected chi connectivity index (χ1v) is 5.39. The summed E-state index contributed by atoms with van der Waals surface area (Å²) in [5, 5.41) is 0. The van der Waals surface area contributed by atoms with E-state index in [-0.39, 0.29) is 23.1 Å². The minimum absolute atomic E-state index is 0.0127. The molecule has 14 heavy (non-hydrogen) atoms. The van der Waals surface area contributed by atoms with E-state index in [4.69, 9.17) is 0 Å². The molecule has 0 aromatic heterocycles. The first kappa shape index (κ1) is 8.45. The van der Waals surface area contributed by atoms with Gasteiger partial charge in [0.05, 0.1) is 11.3 Å². The Labute approximate surface area is 83.5 Å². The molecule has 2 bridgehead atoms. The van der Waals surface area contributed by atoms with E-state index in [9.17, 15) is 9.59 Å². The number of hydrogen-bond acceptors (Lipinski definition) is 2. The number of nitrogens with zero attached hydrogens (tertiary/aromatic N) is 1. The van der Waals surface area contributed by atoms with Crippen molar-refractivity contribution in [3.63, 3.8) is 0 Å². The zero-order valence-corrected chi connectivity index (χ0v) is 8.62. The van der Waals surface area contributed by atoms with Gasteiger partial charge in [0, 0.05) is 7.05 Å². The van der Waals surface area contributed by atoms with E-state index in [0.29, 0.717) is 11.8 Å². The third kappa shape index (κ3) is 0.645. The molecule has 0 spiro atoms. The van der Waals surface area contributed by atoms with Crippen molar-refractivity contribution >= 4 is 11.8 Å². The fraction of sp³-hybridized carbons (Fsp3) is 0.818. The molecule has 3 aliphatic rings. The van der Waals surface area contributed by atoms with E-state index in [2.05, 4.69) is 0 Å². The van der Waals surface area contributed by atoms with E-state index < -0.39 is 0 Å². The maximum atomic E-state index is 12.0. The Bertz CT molecular complexity index is 338. The topological polar surface area (TPSA) is 37.4 Å². The molecular formula is C11H15NO2. The lowest BCUT2D eigenvalue weighted by atomic mass is 9.69. The van der Waals surface area contributed by atoms with Crippen LogP contribution in [0.15, 0.2) is 0 Å². The van der Waals surface area contributed by atoms with E-state index >= 15 is 0 Å². The van der Waals surface area contributed by atoms with Crippen LogP contribution in [0.3, 0.4) is 0 Å². The van der Waals surface area contributed by atoms with Crippen molar-refractivity contribution in [2.24, 2.45) is 23.2 Å². The van der Waals surface area contributed by atoms with Gasteiger partial charge in [0.25, 0.3) is 0 Å². The standard InChI is InChI=1S/C11H15NO2/c1-11-7-4-3-6(5-7)8(11)9(13)12(2)10(11)14/h6-8H,3-5H2,1-2H3. The molecule has 76 valence electrons. The summed E-state index contributed by atoms with van der Waals surface area (Å²) in [6.45, 7) is 2.01. The summed E-state index contributed by atoms with van der Waals surface area (Å²) in [4.78, 5) is 25.3. The molecular weight excluding hydrogens is 178 g/mol. The molecule has 0 radical (unpaired) electrons. The summed E-state index contributed by atoms with van der Waals surface area (Å²) < 4.78 is 0. The number of imide groups is 1. The maximum Gasteiger partial charge on any atom is 0.235 e. The molecule has 0 aromatic rings. The zero-order valence-electron chi connectivity index (χ0n) is 8.62. The number of hydrogen-bond donors (Lipinski definition) is 0. The van der Waals surface area contributed by atoms with Crippen molar-refractivity contribution in [1.82, 2.24) is 4.90 Å². The Hall–Kier alpha value is -0.860. The van der Waals surface area contributed by atoms with Crippen molar-refractivity contribution in [3.05, 3.63) is 0 Å². The second-order valence-corrected chi connectivity index (χ2v) is 5.23. The highest BCUT2D eigenvalue weighted by molar-refractivity contribution is 6.07. The van der Waals surface area contributed by atoms with E-state index in [1.165, 1.54) is 4.90 Å². The summed E-state index contributed by atoms with van der Waals surface area (Å²) >= 11 is 0. The predicted molar refractivity (Wildman–Crippen MR) is 50.2 cm³/mol. The first-order valence-electron chi connectivity index (χ1n) is 5.39. The number of carbonyl (C=O) groups is 2. The predicted octanol–water partition coefficient (Wildman–Crippen LogP) is 1.04. The van der Waals surface area contributed by atoms with Gasteiger partial charge in [-0.25, -0.2) is 0 Å². The molecule has 0 aromatic carbocycles. The molecule has 3 rings (SSSR count). The third-order valence-corrected chi connectivity index (χ3v) is 4.80. The quantitative estimate of drug-likeness (QED) is 0.539. The monoisotopic (exact) mass is 193 g/mol. The van der Waals surface area contributed by atoms with Crippen LogP contribution in [0.5, 0.6) is 0 Å². The number of likely N-dealkylation sites (tertiary alicyclic amines) is 1. The molecule has 4 atom stereocenters. The Morgan fingerprint density at radius 3 is 2.71 bits per heavy atom. The Balaban J connectivity index is 2.12. The molecule has 3 heteroatoms. The Kier molecular flexibility index (Phi) is 1.33. The van der Waals surface area contributed by atoms with Gasteiger partial charge in [-0.3, -0.25) is 14.5 Å². The van der Waals surface area contributed by atoms with Gasteiger partial charge in [-0.15, -0.1) is 0 Å². The van der Waals surface area contributed by atoms with Gasteiger partial charge in [-0.1, -0.05) is 0 Å². The second-order valence-electron chi connectivity index (χ2n) is 5.23. The van der Waals surface area contributed by atoms with Gasteiger partial charge in [-0.05, 0) is 38.0 Å². The molecule has 2 aliphatic carbocycles. The summed E-state index contributed by atoms with van der Waals surface area (Å²) in [5.74, 6) is 1.12. The van der Waals surface area contributed by atoms with Crippen LogP contribution in [-0.2, 0) is 9.59 Å². The van der Waals surface area contributed by atoms with Crippen LogP contribution >= 0.6 is 0 Å². The van der Waals surface area contributed by atoms with Crippen molar-refractivity contribution in [2.75, 3.05) is 7.05 Å². The summed E-state index contributed by atoms with van der Waals surface area (Å²) in [5.41, 5.74) is -0.339. The van der Waals surface area contributed by atoms with Crippen LogP contribution in [-0.4, -0.2) is 23.8 Å².